The van der Waals surface area contributed by atoms with Crippen LogP contribution in [0.1, 0.15) is 19.4 Å². The predicted octanol–water partition coefficient (Wildman–Crippen LogP) is 6.39. The molecule has 0 aliphatic carbocycles. The minimum atomic E-state index is -4.45. The van der Waals surface area contributed by atoms with E-state index in [-0.39, 0.29) is 34.7 Å². The number of halogens is 3. The number of carbonyl (C=O) groups excluding carboxylic acids is 3. The van der Waals surface area contributed by atoms with Gasteiger partial charge in [0, 0.05) is 37.4 Å². The second kappa shape index (κ2) is 11.5. The Morgan fingerprint density at radius 1 is 1.02 bits per heavy atom. The zero-order chi connectivity index (χ0) is 30.1. The first-order chi connectivity index (χ1) is 19.2. The maximum atomic E-state index is 13.4. The van der Waals surface area contributed by atoms with Gasteiger partial charge in [0.15, 0.2) is 0 Å². The highest BCUT2D eigenvalue weighted by Gasteiger charge is 2.51. The third kappa shape index (κ3) is 6.70. The van der Waals surface area contributed by atoms with E-state index < -0.39 is 29.0 Å². The van der Waals surface area contributed by atoms with Crippen molar-refractivity contribution in [1.29, 1.82) is 0 Å². The number of carbonyl (C=O) groups is 3. The van der Waals surface area contributed by atoms with Gasteiger partial charge in [-0.3, -0.25) is 10.1 Å². The molecule has 0 bridgehead atoms. The van der Waals surface area contributed by atoms with Crippen LogP contribution in [0, 0.1) is 0 Å². The number of anilines is 4. The van der Waals surface area contributed by atoms with Gasteiger partial charge >= 0.3 is 17.6 Å². The predicted molar refractivity (Wildman–Crippen MR) is 156 cm³/mol. The molecule has 216 valence electrons. The van der Waals surface area contributed by atoms with E-state index in [1.54, 1.807) is 38.1 Å². The molecule has 1 aliphatic heterocycles. The fourth-order valence-corrected chi connectivity index (χ4v) is 4.84. The Labute approximate surface area is 244 Å². The topological polar surface area (TPSA) is 89.1 Å². The molecule has 3 aromatic rings. The van der Waals surface area contributed by atoms with Crippen LogP contribution in [-0.4, -0.2) is 53.0 Å². The Morgan fingerprint density at radius 3 is 2.22 bits per heavy atom. The van der Waals surface area contributed by atoms with Crippen LogP contribution >= 0.6 is 24.6 Å². The normalized spacial score (nSPS) is 14.8. The van der Waals surface area contributed by atoms with Crippen molar-refractivity contribution in [2.75, 3.05) is 33.5 Å². The van der Waals surface area contributed by atoms with E-state index in [4.69, 9.17) is 0 Å². The molecule has 9 nitrogen and oxygen atoms in total. The number of aromatic nitrogens is 1. The van der Waals surface area contributed by atoms with Crippen molar-refractivity contribution in [3.05, 3.63) is 72.4 Å². The van der Waals surface area contributed by atoms with Crippen molar-refractivity contribution in [1.82, 2.24) is 9.88 Å². The molecule has 1 aliphatic rings. The number of pyridine rings is 1. The van der Waals surface area contributed by atoms with Gasteiger partial charge in [-0.1, -0.05) is 12.8 Å². The number of nitrogens with zero attached hydrogens (tertiary/aromatic N) is 5. The second-order valence-corrected chi connectivity index (χ2v) is 11.4. The van der Waals surface area contributed by atoms with Gasteiger partial charge in [-0.25, -0.2) is 23.8 Å². The van der Waals surface area contributed by atoms with Crippen molar-refractivity contribution in [2.24, 2.45) is 0 Å². The molecule has 1 aromatic heterocycles. The van der Waals surface area contributed by atoms with Gasteiger partial charge in [0.05, 0.1) is 11.4 Å². The van der Waals surface area contributed by atoms with Gasteiger partial charge in [-0.15, -0.1) is 0 Å². The summed E-state index contributed by atoms with van der Waals surface area (Å²) >= 11 is 4.01. The van der Waals surface area contributed by atoms with Gasteiger partial charge in [-0.05, 0) is 91.8 Å². The minimum absolute atomic E-state index is 0.0120. The molecule has 1 fully saturated rings. The maximum absolute atomic E-state index is 13.4. The second-order valence-electron chi connectivity index (χ2n) is 9.81. The van der Waals surface area contributed by atoms with Crippen LogP contribution in [0.3, 0.4) is 0 Å². The fraction of sp³-hybridized carbons (Fsp3) is 0.259. The monoisotopic (exact) mass is 604 g/mol. The maximum Gasteiger partial charge on any atom is 0.446 e. The molecule has 0 spiro atoms. The number of alkyl halides is 3. The van der Waals surface area contributed by atoms with Crippen LogP contribution in [-0.2, 0) is 11.3 Å². The van der Waals surface area contributed by atoms with Crippen LogP contribution in [0.15, 0.2) is 71.8 Å². The van der Waals surface area contributed by atoms with Gasteiger partial charge in [0.25, 0.3) is 5.91 Å². The Kier molecular flexibility index (Phi) is 8.45. The van der Waals surface area contributed by atoms with E-state index in [1.165, 1.54) is 35.4 Å². The molecule has 1 N–H and O–H groups in total. The van der Waals surface area contributed by atoms with Crippen molar-refractivity contribution >= 4 is 65.4 Å². The van der Waals surface area contributed by atoms with Crippen LogP contribution in [0.5, 0.6) is 0 Å². The molecule has 41 heavy (non-hydrogen) atoms. The lowest BCUT2D eigenvalue weighted by molar-refractivity contribution is -0.123. The van der Waals surface area contributed by atoms with Crippen LogP contribution in [0.2, 0.25) is 0 Å². The summed E-state index contributed by atoms with van der Waals surface area (Å²) in [5.41, 5.74) is -3.45. The van der Waals surface area contributed by atoms with E-state index in [0.29, 0.717) is 11.3 Å². The third-order valence-electron chi connectivity index (χ3n) is 6.36. The molecule has 14 heteroatoms. The average Bonchev–Trinajstić information content (AvgIpc) is 3.07. The summed E-state index contributed by atoms with van der Waals surface area (Å²) in [5.74, 6) is -0.311. The summed E-state index contributed by atoms with van der Waals surface area (Å²) in [6.45, 7) is 3.19. The summed E-state index contributed by atoms with van der Waals surface area (Å²) < 4.78 is 39.2. The van der Waals surface area contributed by atoms with Gasteiger partial charge in [-0.2, -0.15) is 13.2 Å². The number of benzene rings is 2. The van der Waals surface area contributed by atoms with Crippen molar-refractivity contribution in [3.8, 4) is 0 Å². The molecular weight excluding hydrogens is 577 g/mol. The molecule has 5 amide bonds. The van der Waals surface area contributed by atoms with Crippen LogP contribution in [0.25, 0.3) is 0 Å². The number of rotatable bonds is 7. The number of hydrogen-bond acceptors (Lipinski definition) is 7. The number of thiol groups is 1. The first kappa shape index (κ1) is 30.1. The summed E-state index contributed by atoms with van der Waals surface area (Å²) in [7, 11) is 3.81. The number of hydrogen-bond donors (Lipinski definition) is 2. The average molecular weight is 605 g/mol. The number of imide groups is 1. The highest BCUT2D eigenvalue weighted by molar-refractivity contribution is 8.00. The first-order valence-corrected chi connectivity index (χ1v) is 13.4. The summed E-state index contributed by atoms with van der Waals surface area (Å²) in [4.78, 5) is 47.7. The first-order valence-electron chi connectivity index (χ1n) is 12.2. The molecule has 0 saturated carbocycles. The lowest BCUT2D eigenvalue weighted by Crippen LogP contribution is -2.43. The number of amides is 5. The molecule has 0 radical (unpaired) electrons. The molecule has 2 heterocycles. The van der Waals surface area contributed by atoms with Crippen molar-refractivity contribution < 1.29 is 27.6 Å². The Balaban J connectivity index is 1.47. The zero-order valence-electron chi connectivity index (χ0n) is 22.5. The lowest BCUT2D eigenvalue weighted by Gasteiger charge is -2.27. The lowest BCUT2D eigenvalue weighted by atomic mass is 10.0. The molecule has 0 unspecified atom stereocenters. The van der Waals surface area contributed by atoms with E-state index in [9.17, 15) is 27.6 Å². The van der Waals surface area contributed by atoms with Crippen molar-refractivity contribution in [3.63, 3.8) is 0 Å². The van der Waals surface area contributed by atoms with Crippen LogP contribution < -0.4 is 19.4 Å². The Morgan fingerprint density at radius 2 is 1.63 bits per heavy atom. The summed E-state index contributed by atoms with van der Waals surface area (Å²) in [5, 5.41) is 2.67. The summed E-state index contributed by atoms with van der Waals surface area (Å²) in [6.07, 6.45) is 1.46. The van der Waals surface area contributed by atoms with E-state index in [1.807, 2.05) is 31.1 Å². The van der Waals surface area contributed by atoms with Gasteiger partial charge < -0.3 is 9.80 Å². The number of thioether (sulfide) groups is 1. The van der Waals surface area contributed by atoms with E-state index >= 15 is 0 Å². The SMILES string of the molecule is CN(C)c1ccc(N(S)C(=O)Nc2cc(CN3C(=O)N(c4ccc(SC(F)(F)F)cc4)C(=O)C3(C)C)ccn2)cc1. The largest absolute Gasteiger partial charge is 0.446 e. The fourth-order valence-electron chi connectivity index (χ4n) is 4.12. The highest BCUT2D eigenvalue weighted by Crippen LogP contribution is 2.39. The Bertz CT molecular complexity index is 1450. The van der Waals surface area contributed by atoms with E-state index in [2.05, 4.69) is 23.1 Å². The van der Waals surface area contributed by atoms with Gasteiger partial charge in [0.2, 0.25) is 0 Å². The number of urea groups is 2. The highest BCUT2D eigenvalue weighted by atomic mass is 32.2. The molecule has 1 saturated heterocycles. The standard InChI is InChI=1S/C27H27F3N6O3S2/c1-26(2)23(37)35(19-9-11-21(12-10-19)41-27(28,29)30)25(39)34(26)16-17-13-14-31-22(15-17)32-24(38)36(40)20-7-5-18(6-8-20)33(3)4/h5-15,40H,16H2,1-4H3,(H,31,32,38). The quantitative estimate of drug-likeness (QED) is 0.185. The molecular formula is C27H27F3N6O3S2. The zero-order valence-corrected chi connectivity index (χ0v) is 24.2. The molecule has 4 rings (SSSR count). The van der Waals surface area contributed by atoms with E-state index in [0.717, 1.165) is 14.9 Å². The van der Waals surface area contributed by atoms with Crippen molar-refractivity contribution in [2.45, 2.75) is 36.3 Å². The van der Waals surface area contributed by atoms with Gasteiger partial charge in [0.1, 0.15) is 11.4 Å². The minimum Gasteiger partial charge on any atom is -0.378 e. The van der Waals surface area contributed by atoms with Crippen LogP contribution in [0.4, 0.5) is 45.6 Å². The Hall–Kier alpha value is -3.91. The summed E-state index contributed by atoms with van der Waals surface area (Å²) in [6, 6.07) is 14.3. The number of nitrogens with one attached hydrogen (secondary N) is 1. The molecule has 2 aromatic carbocycles. The third-order valence-corrected chi connectivity index (χ3v) is 7.51. The molecule has 0 atom stereocenters. The smallest absolute Gasteiger partial charge is 0.378 e.